The Morgan fingerprint density at radius 1 is 0.800 bits per heavy atom. The molecule has 2 heteroatoms. The molecule has 20 heavy (non-hydrogen) atoms. The minimum Gasteiger partial charge on any atom is -0.492 e. The Kier molecular flexibility index (Phi) is 11.1. The first-order valence-electron chi connectivity index (χ1n) is 8.22. The van der Waals surface area contributed by atoms with E-state index >= 15 is 0 Å². The fraction of sp³-hybridized carbons (Fsp3) is 0.667. The monoisotopic (exact) mass is 388 g/mol. The van der Waals surface area contributed by atoms with E-state index in [0.29, 0.717) is 0 Å². The first kappa shape index (κ1) is 17.8. The maximum Gasteiger partial charge on any atom is 0.132 e. The highest BCUT2D eigenvalue weighted by atomic mass is 127. The van der Waals surface area contributed by atoms with Gasteiger partial charge in [0.05, 0.1) is 10.2 Å². The number of hydrogen-bond donors (Lipinski definition) is 0. The molecular formula is C18H29IO. The van der Waals surface area contributed by atoms with E-state index < -0.39 is 0 Å². The van der Waals surface area contributed by atoms with Crippen molar-refractivity contribution >= 4 is 22.6 Å². The van der Waals surface area contributed by atoms with Gasteiger partial charge < -0.3 is 4.74 Å². The Labute approximate surface area is 138 Å². The average molecular weight is 388 g/mol. The molecule has 0 aliphatic carbocycles. The summed E-state index contributed by atoms with van der Waals surface area (Å²) in [5.74, 6) is 1.03. The SMILES string of the molecule is CCCCCCCCCCCCOc1ccccc1I. The zero-order valence-electron chi connectivity index (χ0n) is 12.9. The molecule has 0 aliphatic rings. The quantitative estimate of drug-likeness (QED) is 0.290. The van der Waals surface area contributed by atoms with Crippen LogP contribution in [0.1, 0.15) is 71.1 Å². The Hall–Kier alpha value is -0.250. The van der Waals surface area contributed by atoms with Gasteiger partial charge in [-0.05, 0) is 41.1 Å². The molecule has 0 unspecified atom stereocenters. The molecule has 0 aromatic heterocycles. The van der Waals surface area contributed by atoms with E-state index in [2.05, 4.69) is 47.7 Å². The summed E-state index contributed by atoms with van der Waals surface area (Å²) in [5.41, 5.74) is 0. The predicted molar refractivity (Wildman–Crippen MR) is 96.5 cm³/mol. The molecule has 1 nitrogen and oxygen atoms in total. The van der Waals surface area contributed by atoms with Crippen LogP contribution in [0.25, 0.3) is 0 Å². The van der Waals surface area contributed by atoms with Crippen LogP contribution in [0.2, 0.25) is 0 Å². The molecule has 0 atom stereocenters. The summed E-state index contributed by atoms with van der Waals surface area (Å²) in [5, 5.41) is 0. The first-order chi connectivity index (χ1) is 9.84. The van der Waals surface area contributed by atoms with Crippen molar-refractivity contribution in [1.82, 2.24) is 0 Å². The van der Waals surface area contributed by atoms with Crippen molar-refractivity contribution in [2.24, 2.45) is 0 Å². The van der Waals surface area contributed by atoms with Gasteiger partial charge in [0.15, 0.2) is 0 Å². The van der Waals surface area contributed by atoms with Gasteiger partial charge >= 0.3 is 0 Å². The molecule has 1 aromatic carbocycles. The van der Waals surface area contributed by atoms with Crippen LogP contribution in [0.3, 0.4) is 0 Å². The van der Waals surface area contributed by atoms with Crippen molar-refractivity contribution in [3.05, 3.63) is 27.8 Å². The molecule has 0 heterocycles. The van der Waals surface area contributed by atoms with Crippen LogP contribution >= 0.6 is 22.6 Å². The second kappa shape index (κ2) is 12.5. The van der Waals surface area contributed by atoms with E-state index in [0.717, 1.165) is 12.4 Å². The summed E-state index contributed by atoms with van der Waals surface area (Å²) in [4.78, 5) is 0. The minimum absolute atomic E-state index is 0.858. The predicted octanol–water partition coefficient (Wildman–Crippen LogP) is 6.59. The number of benzene rings is 1. The van der Waals surface area contributed by atoms with Gasteiger partial charge in [0, 0.05) is 0 Å². The number of halogens is 1. The van der Waals surface area contributed by atoms with Crippen LogP contribution < -0.4 is 4.74 Å². The topological polar surface area (TPSA) is 9.23 Å². The third kappa shape index (κ3) is 8.83. The summed E-state index contributed by atoms with van der Waals surface area (Å²) in [6.07, 6.45) is 13.7. The van der Waals surface area contributed by atoms with E-state index in [1.54, 1.807) is 0 Å². The molecule has 0 aliphatic heterocycles. The van der Waals surface area contributed by atoms with Gasteiger partial charge in [0.25, 0.3) is 0 Å². The van der Waals surface area contributed by atoms with Crippen molar-refractivity contribution in [3.8, 4) is 5.75 Å². The highest BCUT2D eigenvalue weighted by Gasteiger charge is 1.98. The standard InChI is InChI=1S/C18H29IO/c1-2-3-4-5-6-7-8-9-10-13-16-20-18-15-12-11-14-17(18)19/h11-12,14-15H,2-10,13,16H2,1H3. The number of unbranched alkanes of at least 4 members (excludes halogenated alkanes) is 9. The lowest BCUT2D eigenvalue weighted by molar-refractivity contribution is 0.302. The average Bonchev–Trinajstić information content (AvgIpc) is 2.46. The van der Waals surface area contributed by atoms with Crippen LogP contribution in [0.4, 0.5) is 0 Å². The molecule has 0 saturated carbocycles. The van der Waals surface area contributed by atoms with Gasteiger partial charge in [-0.25, -0.2) is 0 Å². The molecular weight excluding hydrogens is 359 g/mol. The molecule has 1 rings (SSSR count). The molecule has 0 N–H and O–H groups in total. The maximum absolute atomic E-state index is 5.80. The Morgan fingerprint density at radius 2 is 1.35 bits per heavy atom. The van der Waals surface area contributed by atoms with Crippen LogP contribution in [0.5, 0.6) is 5.75 Å². The van der Waals surface area contributed by atoms with Crippen molar-refractivity contribution in [1.29, 1.82) is 0 Å². The Morgan fingerprint density at radius 3 is 1.95 bits per heavy atom. The largest absolute Gasteiger partial charge is 0.492 e. The first-order valence-corrected chi connectivity index (χ1v) is 9.29. The van der Waals surface area contributed by atoms with Crippen LogP contribution in [0.15, 0.2) is 24.3 Å². The third-order valence-electron chi connectivity index (χ3n) is 3.59. The van der Waals surface area contributed by atoms with Crippen LogP contribution in [-0.2, 0) is 0 Å². The van der Waals surface area contributed by atoms with Gasteiger partial charge in [-0.2, -0.15) is 0 Å². The fourth-order valence-electron chi connectivity index (χ4n) is 2.33. The summed E-state index contributed by atoms with van der Waals surface area (Å²) in [7, 11) is 0. The zero-order chi connectivity index (χ0) is 14.5. The molecule has 0 spiro atoms. The molecule has 0 amide bonds. The van der Waals surface area contributed by atoms with Gasteiger partial charge in [-0.1, -0.05) is 76.8 Å². The summed E-state index contributed by atoms with van der Waals surface area (Å²) >= 11 is 2.33. The number of rotatable bonds is 12. The van der Waals surface area contributed by atoms with E-state index in [4.69, 9.17) is 4.74 Å². The molecule has 0 radical (unpaired) electrons. The van der Waals surface area contributed by atoms with E-state index in [-0.39, 0.29) is 0 Å². The summed E-state index contributed by atoms with van der Waals surface area (Å²) in [6.45, 7) is 3.13. The van der Waals surface area contributed by atoms with E-state index in [9.17, 15) is 0 Å². The lowest BCUT2D eigenvalue weighted by Crippen LogP contribution is -1.98. The minimum atomic E-state index is 0.858. The zero-order valence-corrected chi connectivity index (χ0v) is 15.0. The van der Waals surface area contributed by atoms with E-state index in [1.165, 1.54) is 67.8 Å². The second-order valence-corrected chi connectivity index (χ2v) is 6.62. The lowest BCUT2D eigenvalue weighted by atomic mass is 10.1. The van der Waals surface area contributed by atoms with Crippen molar-refractivity contribution in [2.45, 2.75) is 71.1 Å². The normalized spacial score (nSPS) is 10.7. The number of para-hydroxylation sites is 1. The Bertz CT molecular complexity index is 338. The highest BCUT2D eigenvalue weighted by Crippen LogP contribution is 2.20. The van der Waals surface area contributed by atoms with Gasteiger partial charge in [-0.3, -0.25) is 0 Å². The van der Waals surface area contributed by atoms with Crippen molar-refractivity contribution in [3.63, 3.8) is 0 Å². The summed E-state index contributed by atoms with van der Waals surface area (Å²) in [6, 6.07) is 8.23. The van der Waals surface area contributed by atoms with Crippen LogP contribution in [-0.4, -0.2) is 6.61 Å². The second-order valence-electron chi connectivity index (χ2n) is 5.46. The molecule has 114 valence electrons. The van der Waals surface area contributed by atoms with E-state index in [1.807, 2.05) is 6.07 Å². The molecule has 0 bridgehead atoms. The van der Waals surface area contributed by atoms with Crippen molar-refractivity contribution in [2.75, 3.05) is 6.61 Å². The number of ether oxygens (including phenoxy) is 1. The molecule has 0 saturated heterocycles. The van der Waals surface area contributed by atoms with Crippen LogP contribution in [0, 0.1) is 3.57 Å². The van der Waals surface area contributed by atoms with Gasteiger partial charge in [-0.15, -0.1) is 0 Å². The van der Waals surface area contributed by atoms with Gasteiger partial charge in [0.1, 0.15) is 5.75 Å². The van der Waals surface area contributed by atoms with Crippen molar-refractivity contribution < 1.29 is 4.74 Å². The third-order valence-corrected chi connectivity index (χ3v) is 4.48. The number of hydrogen-bond acceptors (Lipinski definition) is 1. The lowest BCUT2D eigenvalue weighted by Gasteiger charge is -2.07. The maximum atomic E-state index is 5.80. The molecule has 0 fully saturated rings. The highest BCUT2D eigenvalue weighted by molar-refractivity contribution is 14.1. The van der Waals surface area contributed by atoms with Gasteiger partial charge in [0.2, 0.25) is 0 Å². The Balaban J connectivity index is 1.87. The smallest absolute Gasteiger partial charge is 0.132 e. The molecule has 1 aromatic rings. The summed E-state index contributed by atoms with van der Waals surface area (Å²) < 4.78 is 7.01. The fourth-order valence-corrected chi connectivity index (χ4v) is 2.88.